The van der Waals surface area contributed by atoms with Gasteiger partial charge in [-0.2, -0.15) is 0 Å². The predicted octanol–water partition coefficient (Wildman–Crippen LogP) is 3.18. The van der Waals surface area contributed by atoms with Crippen molar-refractivity contribution in [2.45, 2.75) is 26.3 Å². The zero-order valence-electron chi connectivity index (χ0n) is 13.5. The lowest BCUT2D eigenvalue weighted by Gasteiger charge is -2.21. The number of aliphatic carboxylic acids is 1. The predicted molar refractivity (Wildman–Crippen MR) is 89.0 cm³/mol. The first-order chi connectivity index (χ1) is 11.4. The second kappa shape index (κ2) is 8.24. The number of aryl methyl sites for hydroxylation is 2. The molecule has 5 heteroatoms. The summed E-state index contributed by atoms with van der Waals surface area (Å²) in [5.74, 6) is -1.67. The van der Waals surface area contributed by atoms with E-state index in [1.54, 1.807) is 12.1 Å². The van der Waals surface area contributed by atoms with E-state index < -0.39 is 5.97 Å². The van der Waals surface area contributed by atoms with Crippen LogP contribution in [0.4, 0.5) is 4.39 Å². The number of hydrogen-bond donors (Lipinski definition) is 1. The third-order valence-corrected chi connectivity index (χ3v) is 3.68. The van der Waals surface area contributed by atoms with Gasteiger partial charge in [-0.15, -0.1) is 0 Å². The van der Waals surface area contributed by atoms with Crippen LogP contribution in [0, 0.1) is 12.7 Å². The van der Waals surface area contributed by atoms with E-state index >= 15 is 0 Å². The molecular formula is C19H20FNO3. The van der Waals surface area contributed by atoms with E-state index in [0.717, 1.165) is 11.1 Å². The molecule has 0 bridgehead atoms. The largest absolute Gasteiger partial charge is 0.480 e. The van der Waals surface area contributed by atoms with Crippen LogP contribution in [0.25, 0.3) is 0 Å². The fourth-order valence-corrected chi connectivity index (χ4v) is 2.48. The molecule has 2 rings (SSSR count). The van der Waals surface area contributed by atoms with Crippen molar-refractivity contribution in [3.63, 3.8) is 0 Å². The van der Waals surface area contributed by atoms with Crippen LogP contribution in [0.15, 0.2) is 48.5 Å². The van der Waals surface area contributed by atoms with Crippen LogP contribution in [-0.4, -0.2) is 28.4 Å². The highest BCUT2D eigenvalue weighted by Crippen LogP contribution is 2.11. The molecule has 0 saturated heterocycles. The van der Waals surface area contributed by atoms with E-state index in [4.69, 9.17) is 5.11 Å². The molecule has 24 heavy (non-hydrogen) atoms. The highest BCUT2D eigenvalue weighted by Gasteiger charge is 2.17. The molecule has 4 nitrogen and oxygen atoms in total. The molecule has 0 heterocycles. The number of nitrogens with zero attached hydrogens (tertiary/aromatic N) is 1. The van der Waals surface area contributed by atoms with E-state index in [1.807, 2.05) is 31.2 Å². The van der Waals surface area contributed by atoms with Gasteiger partial charge in [0.05, 0.1) is 0 Å². The molecule has 0 aliphatic carbocycles. The average Bonchev–Trinajstić information content (AvgIpc) is 2.54. The summed E-state index contributed by atoms with van der Waals surface area (Å²) in [7, 11) is 0. The number of halogens is 1. The zero-order chi connectivity index (χ0) is 17.5. The number of carboxylic acids is 1. The molecule has 0 aliphatic rings. The molecule has 0 atom stereocenters. The Morgan fingerprint density at radius 3 is 2.42 bits per heavy atom. The van der Waals surface area contributed by atoms with E-state index in [2.05, 4.69) is 0 Å². The molecule has 2 aromatic rings. The summed E-state index contributed by atoms with van der Waals surface area (Å²) in [5.41, 5.74) is 2.86. The molecule has 126 valence electrons. The number of hydrogen-bond acceptors (Lipinski definition) is 2. The van der Waals surface area contributed by atoms with Crippen LogP contribution >= 0.6 is 0 Å². The van der Waals surface area contributed by atoms with Gasteiger partial charge < -0.3 is 10.0 Å². The zero-order valence-corrected chi connectivity index (χ0v) is 13.5. The van der Waals surface area contributed by atoms with Crippen molar-refractivity contribution in [2.75, 3.05) is 6.54 Å². The fourth-order valence-electron chi connectivity index (χ4n) is 2.48. The van der Waals surface area contributed by atoms with E-state index in [0.29, 0.717) is 12.0 Å². The normalized spacial score (nSPS) is 10.4. The third-order valence-electron chi connectivity index (χ3n) is 3.68. The summed E-state index contributed by atoms with van der Waals surface area (Å²) in [6.07, 6.45) is 0.790. The Morgan fingerprint density at radius 1 is 1.08 bits per heavy atom. The monoisotopic (exact) mass is 329 g/mol. The highest BCUT2D eigenvalue weighted by atomic mass is 19.1. The first-order valence-corrected chi connectivity index (χ1v) is 7.73. The minimum atomic E-state index is -1.07. The van der Waals surface area contributed by atoms with E-state index in [-0.39, 0.29) is 31.2 Å². The summed E-state index contributed by atoms with van der Waals surface area (Å²) in [6.45, 7) is 1.76. The quantitative estimate of drug-likeness (QED) is 0.849. The topological polar surface area (TPSA) is 57.6 Å². The van der Waals surface area contributed by atoms with Crippen LogP contribution in [0.5, 0.6) is 0 Å². The Balaban J connectivity index is 2.01. The molecule has 0 radical (unpaired) electrons. The maximum Gasteiger partial charge on any atom is 0.323 e. The molecule has 0 saturated carbocycles. The molecule has 0 spiro atoms. The lowest BCUT2D eigenvalue weighted by molar-refractivity contribution is -0.144. The standard InChI is InChI=1S/C19H20FNO3/c1-14-3-2-4-15(11-14)7-10-18(22)21(13-19(23)24)12-16-5-8-17(20)9-6-16/h2-6,8-9,11H,7,10,12-13H2,1H3,(H,23,24). The Labute approximate surface area is 140 Å². The van der Waals surface area contributed by atoms with Gasteiger partial charge in [0.15, 0.2) is 0 Å². The number of carbonyl (C=O) groups excluding carboxylic acids is 1. The van der Waals surface area contributed by atoms with Crippen molar-refractivity contribution in [2.24, 2.45) is 0 Å². The van der Waals surface area contributed by atoms with Crippen LogP contribution in [-0.2, 0) is 22.6 Å². The lowest BCUT2D eigenvalue weighted by Crippen LogP contribution is -2.35. The van der Waals surface area contributed by atoms with Gasteiger partial charge in [-0.25, -0.2) is 4.39 Å². The molecule has 0 fully saturated rings. The van der Waals surface area contributed by atoms with E-state index in [9.17, 15) is 14.0 Å². The van der Waals surface area contributed by atoms with Gasteiger partial charge in [-0.05, 0) is 36.6 Å². The number of carbonyl (C=O) groups is 2. The minimum Gasteiger partial charge on any atom is -0.480 e. The number of amides is 1. The smallest absolute Gasteiger partial charge is 0.323 e. The van der Waals surface area contributed by atoms with Crippen LogP contribution in [0.3, 0.4) is 0 Å². The van der Waals surface area contributed by atoms with Crippen molar-refractivity contribution >= 4 is 11.9 Å². The Hall–Kier alpha value is -2.69. The summed E-state index contributed by atoms with van der Waals surface area (Å²) >= 11 is 0. The van der Waals surface area contributed by atoms with Crippen LogP contribution < -0.4 is 0 Å². The van der Waals surface area contributed by atoms with Gasteiger partial charge in [0.1, 0.15) is 12.4 Å². The van der Waals surface area contributed by atoms with Crippen molar-refractivity contribution < 1.29 is 19.1 Å². The number of benzene rings is 2. The highest BCUT2D eigenvalue weighted by molar-refractivity contribution is 5.81. The van der Waals surface area contributed by atoms with Crippen molar-refractivity contribution in [3.8, 4) is 0 Å². The fraction of sp³-hybridized carbons (Fsp3) is 0.263. The van der Waals surface area contributed by atoms with E-state index in [1.165, 1.54) is 17.0 Å². The van der Waals surface area contributed by atoms with Crippen molar-refractivity contribution in [1.29, 1.82) is 0 Å². The van der Waals surface area contributed by atoms with Gasteiger partial charge in [0.25, 0.3) is 0 Å². The maximum absolute atomic E-state index is 13.0. The number of carboxylic acid groups (broad SMARTS) is 1. The van der Waals surface area contributed by atoms with Gasteiger partial charge >= 0.3 is 5.97 Å². The molecule has 2 aromatic carbocycles. The minimum absolute atomic E-state index is 0.152. The molecule has 1 N–H and O–H groups in total. The van der Waals surface area contributed by atoms with Crippen LogP contribution in [0.2, 0.25) is 0 Å². The maximum atomic E-state index is 13.0. The van der Waals surface area contributed by atoms with Gasteiger partial charge in [0.2, 0.25) is 5.91 Å². The van der Waals surface area contributed by atoms with Crippen molar-refractivity contribution in [3.05, 3.63) is 71.0 Å². The average molecular weight is 329 g/mol. The molecule has 0 aromatic heterocycles. The molecule has 0 aliphatic heterocycles. The number of rotatable bonds is 7. The van der Waals surface area contributed by atoms with Crippen LogP contribution in [0.1, 0.15) is 23.1 Å². The van der Waals surface area contributed by atoms with Gasteiger partial charge in [-0.3, -0.25) is 9.59 Å². The Kier molecular flexibility index (Phi) is 6.07. The second-order valence-electron chi connectivity index (χ2n) is 5.76. The molecule has 0 unspecified atom stereocenters. The summed E-state index contributed by atoms with van der Waals surface area (Å²) < 4.78 is 13.0. The summed E-state index contributed by atoms with van der Waals surface area (Å²) in [6, 6.07) is 13.6. The Morgan fingerprint density at radius 2 is 1.79 bits per heavy atom. The summed E-state index contributed by atoms with van der Waals surface area (Å²) in [5, 5.41) is 9.02. The Bertz CT molecular complexity index is 713. The summed E-state index contributed by atoms with van der Waals surface area (Å²) in [4.78, 5) is 24.7. The lowest BCUT2D eigenvalue weighted by atomic mass is 10.1. The van der Waals surface area contributed by atoms with Gasteiger partial charge in [0, 0.05) is 13.0 Å². The molecule has 1 amide bonds. The molecular weight excluding hydrogens is 309 g/mol. The third kappa shape index (κ3) is 5.50. The van der Waals surface area contributed by atoms with Gasteiger partial charge in [-0.1, -0.05) is 42.0 Å². The second-order valence-corrected chi connectivity index (χ2v) is 5.76. The first-order valence-electron chi connectivity index (χ1n) is 7.73. The van der Waals surface area contributed by atoms with Crippen molar-refractivity contribution in [1.82, 2.24) is 4.90 Å². The SMILES string of the molecule is Cc1cccc(CCC(=O)N(CC(=O)O)Cc2ccc(F)cc2)c1. The first kappa shape index (κ1) is 17.7.